The van der Waals surface area contributed by atoms with Crippen molar-refractivity contribution in [2.75, 3.05) is 18.5 Å². The van der Waals surface area contributed by atoms with E-state index in [1.54, 1.807) is 6.08 Å². The lowest BCUT2D eigenvalue weighted by Gasteiger charge is -2.04. The fourth-order valence-electron chi connectivity index (χ4n) is 0.991. The SMILES string of the molecule is OC/C=C/CNc1cc(Br)cc(Br)c1. The van der Waals surface area contributed by atoms with Gasteiger partial charge in [-0.1, -0.05) is 44.0 Å². The van der Waals surface area contributed by atoms with Crippen molar-refractivity contribution >= 4 is 37.5 Å². The van der Waals surface area contributed by atoms with Crippen molar-refractivity contribution in [2.45, 2.75) is 0 Å². The Hall–Kier alpha value is -0.320. The normalized spacial score (nSPS) is 10.8. The minimum absolute atomic E-state index is 0.0872. The Morgan fingerprint density at radius 1 is 1.14 bits per heavy atom. The Morgan fingerprint density at radius 3 is 2.36 bits per heavy atom. The highest BCUT2D eigenvalue weighted by Crippen LogP contribution is 2.22. The van der Waals surface area contributed by atoms with E-state index in [4.69, 9.17) is 5.11 Å². The molecular formula is C10H11Br2NO. The summed E-state index contributed by atoms with van der Waals surface area (Å²) in [6.45, 7) is 0.799. The summed E-state index contributed by atoms with van der Waals surface area (Å²) in [5.74, 6) is 0. The van der Waals surface area contributed by atoms with E-state index >= 15 is 0 Å². The summed E-state index contributed by atoms with van der Waals surface area (Å²) >= 11 is 6.82. The van der Waals surface area contributed by atoms with Gasteiger partial charge in [-0.25, -0.2) is 0 Å². The molecule has 14 heavy (non-hydrogen) atoms. The molecular weight excluding hydrogens is 310 g/mol. The molecule has 0 aromatic heterocycles. The second-order valence-corrected chi connectivity index (χ2v) is 4.52. The van der Waals surface area contributed by atoms with E-state index in [1.165, 1.54) is 0 Å². The van der Waals surface area contributed by atoms with Crippen molar-refractivity contribution in [3.63, 3.8) is 0 Å². The van der Waals surface area contributed by atoms with Gasteiger partial charge < -0.3 is 10.4 Å². The second-order valence-electron chi connectivity index (χ2n) is 2.69. The van der Waals surface area contributed by atoms with Crippen molar-refractivity contribution < 1.29 is 5.11 Å². The molecule has 0 atom stereocenters. The number of anilines is 1. The van der Waals surface area contributed by atoms with E-state index in [0.29, 0.717) is 6.54 Å². The molecule has 1 aromatic rings. The number of aliphatic hydroxyl groups excluding tert-OH is 1. The molecule has 0 radical (unpaired) electrons. The van der Waals surface area contributed by atoms with Crippen molar-refractivity contribution in [2.24, 2.45) is 0 Å². The first-order valence-corrected chi connectivity index (χ1v) is 5.77. The summed E-state index contributed by atoms with van der Waals surface area (Å²) in [5.41, 5.74) is 1.04. The third kappa shape index (κ3) is 4.26. The molecule has 1 aromatic carbocycles. The van der Waals surface area contributed by atoms with Crippen LogP contribution in [0.3, 0.4) is 0 Å². The van der Waals surface area contributed by atoms with E-state index in [2.05, 4.69) is 37.2 Å². The molecule has 0 unspecified atom stereocenters. The molecule has 76 valence electrons. The first-order valence-electron chi connectivity index (χ1n) is 4.18. The van der Waals surface area contributed by atoms with Gasteiger partial charge in [-0.15, -0.1) is 0 Å². The lowest BCUT2D eigenvalue weighted by Crippen LogP contribution is -1.98. The van der Waals surface area contributed by atoms with Crippen LogP contribution in [0.15, 0.2) is 39.3 Å². The van der Waals surface area contributed by atoms with Crippen molar-refractivity contribution in [1.29, 1.82) is 0 Å². The summed E-state index contributed by atoms with van der Waals surface area (Å²) in [6.07, 6.45) is 3.59. The molecule has 0 bridgehead atoms. The Labute approximate surface area is 100 Å². The molecule has 0 aliphatic heterocycles. The van der Waals surface area contributed by atoms with Crippen molar-refractivity contribution in [1.82, 2.24) is 0 Å². The zero-order valence-electron chi connectivity index (χ0n) is 7.50. The number of hydrogen-bond acceptors (Lipinski definition) is 2. The number of aliphatic hydroxyl groups is 1. The van der Waals surface area contributed by atoms with Gasteiger partial charge in [0.2, 0.25) is 0 Å². The Morgan fingerprint density at radius 2 is 1.79 bits per heavy atom. The van der Waals surface area contributed by atoms with Crippen molar-refractivity contribution in [3.05, 3.63) is 39.3 Å². The van der Waals surface area contributed by atoms with Crippen LogP contribution >= 0.6 is 31.9 Å². The van der Waals surface area contributed by atoms with E-state index in [0.717, 1.165) is 14.6 Å². The Bertz CT molecular complexity index is 306. The number of rotatable bonds is 4. The quantitative estimate of drug-likeness (QED) is 0.835. The molecule has 0 aliphatic carbocycles. The molecule has 0 saturated heterocycles. The third-order valence-corrected chi connectivity index (χ3v) is 2.47. The second kappa shape index (κ2) is 6.22. The summed E-state index contributed by atoms with van der Waals surface area (Å²) in [4.78, 5) is 0. The van der Waals surface area contributed by atoms with Crippen LogP contribution in [0, 0.1) is 0 Å². The highest BCUT2D eigenvalue weighted by Gasteiger charge is 1.95. The standard InChI is InChI=1S/C10H11Br2NO/c11-8-5-9(12)7-10(6-8)13-3-1-2-4-14/h1-2,5-7,13-14H,3-4H2/b2-1+. The van der Waals surface area contributed by atoms with Crippen LogP contribution in [-0.2, 0) is 0 Å². The van der Waals surface area contributed by atoms with Gasteiger partial charge in [0.15, 0.2) is 0 Å². The van der Waals surface area contributed by atoms with E-state index in [1.807, 2.05) is 24.3 Å². The highest BCUT2D eigenvalue weighted by atomic mass is 79.9. The van der Waals surface area contributed by atoms with Crippen LogP contribution in [0.2, 0.25) is 0 Å². The zero-order chi connectivity index (χ0) is 10.4. The Balaban J connectivity index is 2.54. The van der Waals surface area contributed by atoms with Crippen LogP contribution in [0.4, 0.5) is 5.69 Å². The van der Waals surface area contributed by atoms with Gasteiger partial charge in [-0.2, -0.15) is 0 Å². The van der Waals surface area contributed by atoms with Gasteiger partial charge in [0, 0.05) is 21.2 Å². The molecule has 0 heterocycles. The first kappa shape index (κ1) is 11.8. The molecule has 0 saturated carbocycles. The summed E-state index contributed by atoms with van der Waals surface area (Å²) < 4.78 is 2.06. The summed E-state index contributed by atoms with van der Waals surface area (Å²) in [6, 6.07) is 5.98. The fourth-order valence-corrected chi connectivity index (χ4v) is 2.28. The average Bonchev–Trinajstić information content (AvgIpc) is 2.11. The molecule has 1 rings (SSSR count). The summed E-state index contributed by atoms with van der Waals surface area (Å²) in [7, 11) is 0. The maximum Gasteiger partial charge on any atom is 0.0613 e. The zero-order valence-corrected chi connectivity index (χ0v) is 10.7. The topological polar surface area (TPSA) is 32.3 Å². The van der Waals surface area contributed by atoms with Crippen LogP contribution < -0.4 is 5.32 Å². The van der Waals surface area contributed by atoms with Crippen LogP contribution in [0.1, 0.15) is 0 Å². The average molecular weight is 321 g/mol. The number of halogens is 2. The number of benzene rings is 1. The van der Waals surface area contributed by atoms with Gasteiger partial charge in [-0.3, -0.25) is 0 Å². The Kier molecular flexibility index (Phi) is 5.22. The largest absolute Gasteiger partial charge is 0.392 e. The molecule has 0 fully saturated rings. The van der Waals surface area contributed by atoms with Gasteiger partial charge in [0.25, 0.3) is 0 Å². The molecule has 0 spiro atoms. The summed E-state index contributed by atoms with van der Waals surface area (Å²) in [5, 5.41) is 11.7. The first-order chi connectivity index (χ1) is 6.72. The molecule has 0 aliphatic rings. The highest BCUT2D eigenvalue weighted by molar-refractivity contribution is 9.11. The minimum atomic E-state index is 0.0872. The molecule has 0 amide bonds. The van der Waals surface area contributed by atoms with E-state index in [9.17, 15) is 0 Å². The number of nitrogens with one attached hydrogen (secondary N) is 1. The van der Waals surface area contributed by atoms with Crippen LogP contribution in [0.25, 0.3) is 0 Å². The maximum absolute atomic E-state index is 8.52. The van der Waals surface area contributed by atoms with Gasteiger partial charge >= 0.3 is 0 Å². The van der Waals surface area contributed by atoms with Crippen LogP contribution in [-0.4, -0.2) is 18.3 Å². The predicted octanol–water partition coefficient (Wildman–Crippen LogP) is 3.17. The van der Waals surface area contributed by atoms with Gasteiger partial charge in [0.05, 0.1) is 6.61 Å². The lowest BCUT2D eigenvalue weighted by molar-refractivity contribution is 0.342. The lowest BCUT2D eigenvalue weighted by atomic mass is 10.3. The predicted molar refractivity (Wildman–Crippen MR) is 66.6 cm³/mol. The van der Waals surface area contributed by atoms with Crippen LogP contribution in [0.5, 0.6) is 0 Å². The van der Waals surface area contributed by atoms with E-state index in [-0.39, 0.29) is 6.61 Å². The van der Waals surface area contributed by atoms with Gasteiger partial charge in [0.1, 0.15) is 0 Å². The molecule has 2 nitrogen and oxygen atoms in total. The molecule has 2 N–H and O–H groups in total. The smallest absolute Gasteiger partial charge is 0.0613 e. The van der Waals surface area contributed by atoms with E-state index < -0.39 is 0 Å². The third-order valence-electron chi connectivity index (χ3n) is 1.56. The minimum Gasteiger partial charge on any atom is -0.392 e. The monoisotopic (exact) mass is 319 g/mol. The molecule has 4 heteroatoms. The number of hydrogen-bond donors (Lipinski definition) is 2. The fraction of sp³-hybridized carbons (Fsp3) is 0.200. The van der Waals surface area contributed by atoms with Crippen molar-refractivity contribution in [3.8, 4) is 0 Å². The maximum atomic E-state index is 8.52. The van der Waals surface area contributed by atoms with Gasteiger partial charge in [-0.05, 0) is 18.2 Å².